The van der Waals surface area contributed by atoms with Crippen molar-refractivity contribution in [2.24, 2.45) is 0 Å². The lowest BCUT2D eigenvalue weighted by atomic mass is 10.2. The van der Waals surface area contributed by atoms with E-state index in [9.17, 15) is 9.59 Å². The number of aromatic nitrogens is 3. The van der Waals surface area contributed by atoms with Crippen molar-refractivity contribution in [2.45, 2.75) is 44.1 Å². The van der Waals surface area contributed by atoms with Gasteiger partial charge >= 0.3 is 0 Å². The van der Waals surface area contributed by atoms with Crippen molar-refractivity contribution in [2.75, 3.05) is 0 Å². The lowest BCUT2D eigenvalue weighted by molar-refractivity contribution is 0.0941. The average Bonchev–Trinajstić information content (AvgIpc) is 3.42. The van der Waals surface area contributed by atoms with Crippen LogP contribution < -0.4 is 10.9 Å². The van der Waals surface area contributed by atoms with Crippen molar-refractivity contribution in [1.29, 1.82) is 0 Å². The molecule has 2 fully saturated rings. The number of carbonyl (C=O) groups excluding carboxylic acids is 1. The van der Waals surface area contributed by atoms with Gasteiger partial charge in [-0.3, -0.25) is 9.59 Å². The smallest absolute Gasteiger partial charge is 0.270 e. The summed E-state index contributed by atoms with van der Waals surface area (Å²) in [6, 6.07) is 3.09. The fourth-order valence-electron chi connectivity index (χ4n) is 2.38. The number of hydrogen-bond donors (Lipinski definition) is 2. The van der Waals surface area contributed by atoms with Crippen molar-refractivity contribution in [3.8, 4) is 0 Å². The van der Waals surface area contributed by atoms with Crippen molar-refractivity contribution in [3.05, 3.63) is 45.5 Å². The summed E-state index contributed by atoms with van der Waals surface area (Å²) in [5.41, 5.74) is 0.805. The number of rotatable bonds is 5. The Morgan fingerprint density at radius 1 is 1.27 bits per heavy atom. The van der Waals surface area contributed by atoms with E-state index in [0.717, 1.165) is 31.4 Å². The monoisotopic (exact) mass is 300 g/mol. The normalized spacial score (nSPS) is 17.5. The molecule has 0 atom stereocenters. The number of nitrogens with zero attached hydrogens (tertiary/aromatic N) is 2. The maximum atomic E-state index is 12.1. The molecule has 0 spiro atoms. The fourth-order valence-corrected chi connectivity index (χ4v) is 2.38. The van der Waals surface area contributed by atoms with Crippen LogP contribution in [0.5, 0.6) is 0 Å². The quantitative estimate of drug-likeness (QED) is 0.870. The second-order valence-electron chi connectivity index (χ2n) is 5.97. The van der Waals surface area contributed by atoms with Gasteiger partial charge in [0, 0.05) is 24.0 Å². The van der Waals surface area contributed by atoms with Crippen LogP contribution in [0.25, 0.3) is 0 Å². The molecule has 4 rings (SSSR count). The lowest BCUT2D eigenvalue weighted by Gasteiger charge is -2.04. The van der Waals surface area contributed by atoms with Crippen LogP contribution in [0.15, 0.2) is 21.5 Å². The van der Waals surface area contributed by atoms with E-state index in [4.69, 9.17) is 4.52 Å². The lowest BCUT2D eigenvalue weighted by Crippen LogP contribution is -2.26. The van der Waals surface area contributed by atoms with Gasteiger partial charge in [0.25, 0.3) is 11.5 Å². The van der Waals surface area contributed by atoms with Crippen molar-refractivity contribution < 1.29 is 9.32 Å². The first-order valence-corrected chi connectivity index (χ1v) is 7.54. The second kappa shape index (κ2) is 5.08. The summed E-state index contributed by atoms with van der Waals surface area (Å²) >= 11 is 0. The van der Waals surface area contributed by atoms with Crippen LogP contribution in [0.2, 0.25) is 0 Å². The maximum absolute atomic E-state index is 12.1. The molecule has 0 aromatic carbocycles. The van der Waals surface area contributed by atoms with Gasteiger partial charge in [-0.25, -0.2) is 4.98 Å². The van der Waals surface area contributed by atoms with E-state index in [0.29, 0.717) is 17.5 Å². The van der Waals surface area contributed by atoms with E-state index in [1.165, 1.54) is 6.07 Å². The summed E-state index contributed by atoms with van der Waals surface area (Å²) in [7, 11) is 0. The predicted molar refractivity (Wildman–Crippen MR) is 76.5 cm³/mol. The Hall–Kier alpha value is -2.44. The van der Waals surface area contributed by atoms with Gasteiger partial charge in [-0.1, -0.05) is 5.16 Å². The third-order valence-electron chi connectivity index (χ3n) is 3.95. The molecule has 2 aliphatic rings. The molecule has 7 heteroatoms. The first-order chi connectivity index (χ1) is 10.7. The largest absolute Gasteiger partial charge is 0.359 e. The molecule has 22 heavy (non-hydrogen) atoms. The Balaban J connectivity index is 1.43. The fraction of sp³-hybridized carbons (Fsp3) is 0.467. The number of aromatic amines is 1. The summed E-state index contributed by atoms with van der Waals surface area (Å²) in [5.74, 6) is 1.65. The summed E-state index contributed by atoms with van der Waals surface area (Å²) in [6.07, 6.45) is 4.32. The molecule has 2 heterocycles. The van der Waals surface area contributed by atoms with Crippen LogP contribution >= 0.6 is 0 Å². The highest BCUT2D eigenvalue weighted by molar-refractivity contribution is 5.92. The maximum Gasteiger partial charge on any atom is 0.270 e. The van der Waals surface area contributed by atoms with Crippen LogP contribution in [0.3, 0.4) is 0 Å². The molecule has 0 bridgehead atoms. The van der Waals surface area contributed by atoms with E-state index in [2.05, 4.69) is 20.4 Å². The van der Waals surface area contributed by atoms with E-state index < -0.39 is 0 Å². The van der Waals surface area contributed by atoms with Gasteiger partial charge in [-0.05, 0) is 25.7 Å². The minimum Gasteiger partial charge on any atom is -0.359 e. The van der Waals surface area contributed by atoms with Gasteiger partial charge in [0.15, 0.2) is 5.76 Å². The topological polar surface area (TPSA) is 101 Å². The zero-order valence-corrected chi connectivity index (χ0v) is 12.0. The predicted octanol–water partition coefficient (Wildman–Crippen LogP) is 1.44. The number of amides is 1. The molecule has 2 N–H and O–H groups in total. The molecule has 1 amide bonds. The molecular formula is C15H16N4O3. The van der Waals surface area contributed by atoms with Crippen molar-refractivity contribution >= 4 is 5.91 Å². The Morgan fingerprint density at radius 2 is 2.05 bits per heavy atom. The minimum atomic E-state index is -0.377. The third-order valence-corrected chi connectivity index (χ3v) is 3.95. The molecule has 2 aromatic rings. The van der Waals surface area contributed by atoms with Gasteiger partial charge in [-0.15, -0.1) is 0 Å². The Kier molecular flexibility index (Phi) is 3.06. The first-order valence-electron chi connectivity index (χ1n) is 7.54. The molecule has 114 valence electrons. The zero-order chi connectivity index (χ0) is 15.1. The van der Waals surface area contributed by atoms with Crippen LogP contribution in [-0.2, 0) is 6.54 Å². The highest BCUT2D eigenvalue weighted by Crippen LogP contribution is 2.39. The van der Waals surface area contributed by atoms with Gasteiger partial charge < -0.3 is 14.8 Å². The molecule has 0 unspecified atom stereocenters. The minimum absolute atomic E-state index is 0.146. The molecule has 2 aliphatic carbocycles. The number of nitrogens with one attached hydrogen (secondary N) is 2. The standard InChI is InChI=1S/C15H16N4O3/c20-13-6-12(17-14(18-13)9-3-4-9)15(21)16-7-10-5-11(19-22-10)8-1-2-8/h5-6,8-9H,1-4,7H2,(H,16,21)(H,17,18,20). The van der Waals surface area contributed by atoms with E-state index >= 15 is 0 Å². The Morgan fingerprint density at radius 3 is 2.77 bits per heavy atom. The van der Waals surface area contributed by atoms with Gasteiger partial charge in [-0.2, -0.15) is 0 Å². The average molecular weight is 300 g/mol. The molecule has 0 saturated heterocycles. The van der Waals surface area contributed by atoms with E-state index in [-0.39, 0.29) is 29.6 Å². The summed E-state index contributed by atoms with van der Waals surface area (Å²) in [5, 5.41) is 6.71. The third kappa shape index (κ3) is 2.79. The Bertz CT molecular complexity index is 771. The van der Waals surface area contributed by atoms with Crippen molar-refractivity contribution in [1.82, 2.24) is 20.4 Å². The molecular weight excluding hydrogens is 284 g/mol. The van der Waals surface area contributed by atoms with E-state index in [1.807, 2.05) is 6.07 Å². The van der Waals surface area contributed by atoms with E-state index in [1.54, 1.807) is 0 Å². The number of hydrogen-bond acceptors (Lipinski definition) is 5. The molecule has 0 radical (unpaired) electrons. The zero-order valence-electron chi connectivity index (χ0n) is 12.0. The molecule has 7 nitrogen and oxygen atoms in total. The molecule has 2 aromatic heterocycles. The van der Waals surface area contributed by atoms with Crippen LogP contribution in [0, 0.1) is 0 Å². The highest BCUT2D eigenvalue weighted by atomic mass is 16.5. The Labute approximate surface area is 126 Å². The highest BCUT2D eigenvalue weighted by Gasteiger charge is 2.28. The summed E-state index contributed by atoms with van der Waals surface area (Å²) in [6.45, 7) is 0.242. The van der Waals surface area contributed by atoms with Gasteiger partial charge in [0.1, 0.15) is 11.5 Å². The number of carbonyl (C=O) groups is 1. The SMILES string of the molecule is O=C(NCc1cc(C2CC2)no1)c1cc(=O)[nH]c(C2CC2)n1. The summed E-state index contributed by atoms with van der Waals surface area (Å²) < 4.78 is 5.19. The second-order valence-corrected chi connectivity index (χ2v) is 5.97. The number of H-pyrrole nitrogens is 1. The first kappa shape index (κ1) is 13.2. The summed E-state index contributed by atoms with van der Waals surface area (Å²) in [4.78, 5) is 30.7. The van der Waals surface area contributed by atoms with Crippen LogP contribution in [0.4, 0.5) is 0 Å². The van der Waals surface area contributed by atoms with Crippen LogP contribution in [0.1, 0.15) is 65.3 Å². The van der Waals surface area contributed by atoms with Gasteiger partial charge in [0.2, 0.25) is 0 Å². The molecule has 0 aliphatic heterocycles. The van der Waals surface area contributed by atoms with Crippen molar-refractivity contribution in [3.63, 3.8) is 0 Å². The van der Waals surface area contributed by atoms with Gasteiger partial charge in [0.05, 0.1) is 12.2 Å². The van der Waals surface area contributed by atoms with Crippen LogP contribution in [-0.4, -0.2) is 21.0 Å². The molecule has 2 saturated carbocycles.